The maximum atomic E-state index is 3.60. The van der Waals surface area contributed by atoms with Crippen LogP contribution in [0.5, 0.6) is 0 Å². The molecule has 0 aromatic carbocycles. The molecule has 0 saturated carbocycles. The van der Waals surface area contributed by atoms with Crippen LogP contribution in [0.3, 0.4) is 0 Å². The molecule has 0 spiro atoms. The molecule has 0 aliphatic carbocycles. The van der Waals surface area contributed by atoms with E-state index in [1.807, 2.05) is 0 Å². The zero-order valence-corrected chi connectivity index (χ0v) is 11.5. The number of hydrogen-bond donors (Lipinski definition) is 1. The van der Waals surface area contributed by atoms with Gasteiger partial charge in [0.2, 0.25) is 0 Å². The highest BCUT2D eigenvalue weighted by Crippen LogP contribution is 2.22. The van der Waals surface area contributed by atoms with Crippen molar-refractivity contribution in [2.75, 3.05) is 31.1 Å². The van der Waals surface area contributed by atoms with Crippen molar-refractivity contribution in [3.05, 3.63) is 0 Å². The Bertz CT molecular complexity index is 186. The summed E-state index contributed by atoms with van der Waals surface area (Å²) in [6.07, 6.45) is 1.24. The summed E-state index contributed by atoms with van der Waals surface area (Å²) >= 11 is 2.05. The molecule has 3 heteroatoms. The first-order valence-electron chi connectivity index (χ1n) is 6.18. The summed E-state index contributed by atoms with van der Waals surface area (Å²) in [6, 6.07) is 0.649. The van der Waals surface area contributed by atoms with Gasteiger partial charge in [-0.1, -0.05) is 13.8 Å². The Hall–Kier alpha value is 0.270. The molecule has 1 heterocycles. The van der Waals surface area contributed by atoms with E-state index >= 15 is 0 Å². The van der Waals surface area contributed by atoms with Gasteiger partial charge in [0.25, 0.3) is 0 Å². The summed E-state index contributed by atoms with van der Waals surface area (Å²) in [5, 5.41) is 3.60. The molecule has 0 aromatic heterocycles. The van der Waals surface area contributed by atoms with Crippen LogP contribution in [0.25, 0.3) is 0 Å². The summed E-state index contributed by atoms with van der Waals surface area (Å²) in [6.45, 7) is 12.8. The minimum Gasteiger partial charge on any atom is -0.311 e. The number of piperazine rings is 1. The van der Waals surface area contributed by atoms with Crippen LogP contribution in [-0.2, 0) is 0 Å². The second kappa shape index (κ2) is 6.12. The second-order valence-electron chi connectivity index (χ2n) is 4.78. The lowest BCUT2D eigenvalue weighted by Gasteiger charge is -2.47. The molecule has 1 rings (SSSR count). The van der Waals surface area contributed by atoms with Crippen molar-refractivity contribution < 1.29 is 0 Å². The van der Waals surface area contributed by atoms with Crippen LogP contribution in [0.4, 0.5) is 0 Å². The van der Waals surface area contributed by atoms with Gasteiger partial charge < -0.3 is 5.32 Å². The molecular weight excluding hydrogens is 204 g/mol. The maximum Gasteiger partial charge on any atom is 0.0304 e. The summed E-state index contributed by atoms with van der Waals surface area (Å²) < 4.78 is 0. The van der Waals surface area contributed by atoms with Crippen molar-refractivity contribution in [2.24, 2.45) is 0 Å². The molecule has 1 N–H and O–H groups in total. The molecule has 1 saturated heterocycles. The van der Waals surface area contributed by atoms with Gasteiger partial charge in [-0.05, 0) is 26.0 Å². The van der Waals surface area contributed by atoms with Gasteiger partial charge in [0.15, 0.2) is 0 Å². The molecule has 0 radical (unpaired) electrons. The SMILES string of the molecule is CCSCCN1CC(C)NCC1(C)CC. The van der Waals surface area contributed by atoms with Gasteiger partial charge in [0.1, 0.15) is 0 Å². The Morgan fingerprint density at radius 3 is 2.80 bits per heavy atom. The van der Waals surface area contributed by atoms with Crippen molar-refractivity contribution in [2.45, 2.75) is 45.7 Å². The first-order valence-corrected chi connectivity index (χ1v) is 7.34. The predicted molar refractivity (Wildman–Crippen MR) is 70.7 cm³/mol. The van der Waals surface area contributed by atoms with E-state index in [0.29, 0.717) is 11.6 Å². The molecule has 0 amide bonds. The van der Waals surface area contributed by atoms with Gasteiger partial charge >= 0.3 is 0 Å². The smallest absolute Gasteiger partial charge is 0.0304 e. The summed E-state index contributed by atoms with van der Waals surface area (Å²) in [4.78, 5) is 2.68. The average Bonchev–Trinajstić information content (AvgIpc) is 2.24. The highest BCUT2D eigenvalue weighted by molar-refractivity contribution is 7.99. The van der Waals surface area contributed by atoms with Gasteiger partial charge in [-0.15, -0.1) is 0 Å². The predicted octanol–water partition coefficient (Wildman–Crippen LogP) is 2.20. The monoisotopic (exact) mass is 230 g/mol. The minimum atomic E-state index is 0.376. The molecule has 1 aliphatic rings. The molecule has 2 nitrogen and oxygen atoms in total. The third-order valence-corrected chi connectivity index (χ3v) is 4.44. The molecule has 90 valence electrons. The van der Waals surface area contributed by atoms with Gasteiger partial charge in [-0.25, -0.2) is 0 Å². The third-order valence-electron chi connectivity index (χ3n) is 3.56. The normalized spacial score (nSPS) is 33.2. The zero-order valence-electron chi connectivity index (χ0n) is 10.7. The minimum absolute atomic E-state index is 0.376. The number of nitrogens with zero attached hydrogens (tertiary/aromatic N) is 1. The standard InChI is InChI=1S/C12H26N2S/c1-5-12(4)10-13-11(3)9-14(12)7-8-15-6-2/h11,13H,5-10H2,1-4H3. The Kier molecular flexibility index (Phi) is 5.44. The molecule has 2 atom stereocenters. The van der Waals surface area contributed by atoms with Crippen molar-refractivity contribution in [3.8, 4) is 0 Å². The molecule has 1 aliphatic heterocycles. The average molecular weight is 230 g/mol. The lowest BCUT2D eigenvalue weighted by atomic mass is 9.92. The first-order chi connectivity index (χ1) is 7.12. The highest BCUT2D eigenvalue weighted by Gasteiger charge is 2.34. The Morgan fingerprint density at radius 1 is 1.47 bits per heavy atom. The summed E-state index contributed by atoms with van der Waals surface area (Å²) in [5.41, 5.74) is 0.376. The fourth-order valence-electron chi connectivity index (χ4n) is 2.15. The fourth-order valence-corrected chi connectivity index (χ4v) is 2.79. The highest BCUT2D eigenvalue weighted by atomic mass is 32.2. The third kappa shape index (κ3) is 3.65. The Labute approximate surface area is 99.2 Å². The molecule has 0 aromatic rings. The summed E-state index contributed by atoms with van der Waals surface area (Å²) in [7, 11) is 0. The zero-order chi connectivity index (χ0) is 11.3. The molecular formula is C12H26N2S. The first kappa shape index (κ1) is 13.3. The van der Waals surface area contributed by atoms with E-state index < -0.39 is 0 Å². The van der Waals surface area contributed by atoms with Crippen LogP contribution < -0.4 is 5.32 Å². The lowest BCUT2D eigenvalue weighted by Crippen LogP contribution is -2.62. The second-order valence-corrected chi connectivity index (χ2v) is 6.17. The van der Waals surface area contributed by atoms with E-state index in [0.717, 1.165) is 6.54 Å². The van der Waals surface area contributed by atoms with Crippen molar-refractivity contribution in [3.63, 3.8) is 0 Å². The van der Waals surface area contributed by atoms with E-state index in [2.05, 4.69) is 49.7 Å². The van der Waals surface area contributed by atoms with E-state index in [1.165, 1.54) is 31.0 Å². The van der Waals surface area contributed by atoms with Gasteiger partial charge in [0, 0.05) is 37.0 Å². The van der Waals surface area contributed by atoms with Crippen LogP contribution in [0.15, 0.2) is 0 Å². The van der Waals surface area contributed by atoms with Gasteiger partial charge in [-0.3, -0.25) is 4.90 Å². The molecule has 15 heavy (non-hydrogen) atoms. The van der Waals surface area contributed by atoms with E-state index in [-0.39, 0.29) is 0 Å². The van der Waals surface area contributed by atoms with E-state index in [4.69, 9.17) is 0 Å². The van der Waals surface area contributed by atoms with Crippen LogP contribution in [-0.4, -0.2) is 47.6 Å². The largest absolute Gasteiger partial charge is 0.311 e. The molecule has 2 unspecified atom stereocenters. The van der Waals surface area contributed by atoms with Crippen molar-refractivity contribution in [1.29, 1.82) is 0 Å². The van der Waals surface area contributed by atoms with Gasteiger partial charge in [0.05, 0.1) is 0 Å². The van der Waals surface area contributed by atoms with Crippen molar-refractivity contribution >= 4 is 11.8 Å². The number of thioether (sulfide) groups is 1. The van der Waals surface area contributed by atoms with Crippen LogP contribution in [0.2, 0.25) is 0 Å². The van der Waals surface area contributed by atoms with E-state index in [9.17, 15) is 0 Å². The molecule has 1 fully saturated rings. The quantitative estimate of drug-likeness (QED) is 0.729. The topological polar surface area (TPSA) is 15.3 Å². The molecule has 0 bridgehead atoms. The number of hydrogen-bond acceptors (Lipinski definition) is 3. The number of nitrogens with one attached hydrogen (secondary N) is 1. The van der Waals surface area contributed by atoms with E-state index in [1.54, 1.807) is 0 Å². The van der Waals surface area contributed by atoms with Gasteiger partial charge in [-0.2, -0.15) is 11.8 Å². The van der Waals surface area contributed by atoms with Crippen LogP contribution >= 0.6 is 11.8 Å². The fraction of sp³-hybridized carbons (Fsp3) is 1.00. The Morgan fingerprint density at radius 2 is 2.20 bits per heavy atom. The Balaban J connectivity index is 2.47. The van der Waals surface area contributed by atoms with Crippen molar-refractivity contribution in [1.82, 2.24) is 10.2 Å². The maximum absolute atomic E-state index is 3.60. The summed E-state index contributed by atoms with van der Waals surface area (Å²) in [5.74, 6) is 2.52. The number of rotatable bonds is 5. The lowest BCUT2D eigenvalue weighted by molar-refractivity contribution is 0.0593. The van der Waals surface area contributed by atoms with Crippen LogP contribution in [0, 0.1) is 0 Å². The van der Waals surface area contributed by atoms with Crippen LogP contribution in [0.1, 0.15) is 34.1 Å².